The predicted molar refractivity (Wildman–Crippen MR) is 94.2 cm³/mol. The van der Waals surface area contributed by atoms with E-state index in [0.717, 1.165) is 6.21 Å². The normalized spacial score (nSPS) is 17.2. The first-order valence-electron chi connectivity index (χ1n) is 7.61. The second-order valence-electron chi connectivity index (χ2n) is 5.71. The Morgan fingerprint density at radius 1 is 1.08 bits per heavy atom. The van der Waals surface area contributed by atoms with Crippen LogP contribution in [-0.4, -0.2) is 15.6 Å². The number of allylic oxidation sites excluding steroid dienone is 1. The van der Waals surface area contributed by atoms with Crippen LogP contribution < -0.4 is 4.90 Å². The Balaban J connectivity index is 1.88. The van der Waals surface area contributed by atoms with Crippen molar-refractivity contribution in [2.24, 2.45) is 4.99 Å². The van der Waals surface area contributed by atoms with Gasteiger partial charge in [0, 0.05) is 23.1 Å². The average molecular weight is 359 g/mol. The van der Waals surface area contributed by atoms with Crippen LogP contribution in [0.1, 0.15) is 17.6 Å². The van der Waals surface area contributed by atoms with Crippen LogP contribution >= 0.6 is 11.6 Å². The lowest BCUT2D eigenvalue weighted by molar-refractivity contribution is 0.606. The van der Waals surface area contributed by atoms with Crippen LogP contribution in [0.4, 0.5) is 14.5 Å². The molecule has 4 rings (SSSR count). The summed E-state index contributed by atoms with van der Waals surface area (Å²) in [4.78, 5) is 10.4. The van der Waals surface area contributed by atoms with Gasteiger partial charge in [-0.15, -0.1) is 0 Å². The standard InChI is InChI=1S/C18H13ClF2N4/c1-11-17(25-9-13(20)4-7-16(25)23-11)18-22-8-14(21)10-24(18)15-5-2-12(19)3-6-15/h2-10,18H,1H3. The number of nitrogens with zero attached hydrogens (tertiary/aromatic N) is 4. The number of aryl methyl sites for hydroxylation is 1. The molecule has 0 saturated carbocycles. The molecule has 25 heavy (non-hydrogen) atoms. The molecule has 1 aromatic carbocycles. The minimum Gasteiger partial charge on any atom is -0.317 e. The van der Waals surface area contributed by atoms with Crippen molar-refractivity contribution in [1.29, 1.82) is 0 Å². The van der Waals surface area contributed by atoms with Crippen LogP contribution in [0.3, 0.4) is 0 Å². The minimum atomic E-state index is -0.572. The molecule has 0 fully saturated rings. The molecular weight excluding hydrogens is 346 g/mol. The van der Waals surface area contributed by atoms with Crippen molar-refractivity contribution in [2.75, 3.05) is 4.90 Å². The summed E-state index contributed by atoms with van der Waals surface area (Å²) in [5, 5.41) is 0.582. The van der Waals surface area contributed by atoms with Gasteiger partial charge in [0.1, 0.15) is 11.5 Å². The van der Waals surface area contributed by atoms with Gasteiger partial charge in [0.2, 0.25) is 0 Å². The fourth-order valence-corrected chi connectivity index (χ4v) is 3.07. The first-order valence-corrected chi connectivity index (χ1v) is 7.99. The van der Waals surface area contributed by atoms with Gasteiger partial charge in [-0.05, 0) is 43.3 Å². The number of fused-ring (bicyclic) bond motifs is 1. The molecule has 0 radical (unpaired) electrons. The van der Waals surface area contributed by atoms with Crippen molar-refractivity contribution in [3.05, 3.63) is 76.8 Å². The van der Waals surface area contributed by atoms with E-state index >= 15 is 0 Å². The Kier molecular flexibility index (Phi) is 3.77. The number of aromatic nitrogens is 2. The van der Waals surface area contributed by atoms with Gasteiger partial charge in [-0.25, -0.2) is 13.8 Å². The maximum Gasteiger partial charge on any atom is 0.168 e. The van der Waals surface area contributed by atoms with E-state index in [4.69, 9.17) is 11.6 Å². The topological polar surface area (TPSA) is 32.9 Å². The fraction of sp³-hybridized carbons (Fsp3) is 0.111. The van der Waals surface area contributed by atoms with Crippen LogP contribution in [0, 0.1) is 12.7 Å². The molecule has 1 unspecified atom stereocenters. The molecule has 2 aromatic heterocycles. The van der Waals surface area contributed by atoms with E-state index in [2.05, 4.69) is 9.98 Å². The largest absolute Gasteiger partial charge is 0.317 e. The molecule has 4 nitrogen and oxygen atoms in total. The van der Waals surface area contributed by atoms with Crippen molar-refractivity contribution in [1.82, 2.24) is 9.38 Å². The van der Waals surface area contributed by atoms with E-state index in [1.165, 1.54) is 18.5 Å². The zero-order chi connectivity index (χ0) is 17.6. The molecule has 0 spiro atoms. The summed E-state index contributed by atoms with van der Waals surface area (Å²) in [5.74, 6) is -0.852. The van der Waals surface area contributed by atoms with Gasteiger partial charge in [0.05, 0.1) is 17.6 Å². The Hall–Kier alpha value is -2.73. The number of anilines is 1. The molecule has 3 aromatic rings. The number of hydrogen-bond acceptors (Lipinski definition) is 3. The number of pyridine rings is 1. The molecule has 0 bridgehead atoms. The summed E-state index contributed by atoms with van der Waals surface area (Å²) in [6.07, 6.45) is 3.31. The number of hydrogen-bond donors (Lipinski definition) is 0. The van der Waals surface area contributed by atoms with Gasteiger partial charge < -0.3 is 4.90 Å². The first-order chi connectivity index (χ1) is 12.0. The second-order valence-corrected chi connectivity index (χ2v) is 6.14. The highest BCUT2D eigenvalue weighted by Gasteiger charge is 2.27. The summed E-state index contributed by atoms with van der Waals surface area (Å²) in [7, 11) is 0. The third-order valence-electron chi connectivity index (χ3n) is 4.04. The third-order valence-corrected chi connectivity index (χ3v) is 4.29. The maximum atomic E-state index is 13.9. The molecule has 0 aliphatic carbocycles. The molecule has 3 heterocycles. The van der Waals surface area contributed by atoms with E-state index in [-0.39, 0.29) is 5.82 Å². The van der Waals surface area contributed by atoms with Gasteiger partial charge >= 0.3 is 0 Å². The molecule has 1 aliphatic rings. The van der Waals surface area contributed by atoms with Crippen molar-refractivity contribution in [3.63, 3.8) is 0 Å². The van der Waals surface area contributed by atoms with Crippen molar-refractivity contribution in [2.45, 2.75) is 13.1 Å². The summed E-state index contributed by atoms with van der Waals surface area (Å²) < 4.78 is 29.2. The molecule has 7 heteroatoms. The van der Waals surface area contributed by atoms with Gasteiger partial charge in [0.15, 0.2) is 12.0 Å². The Labute approximate surface area is 147 Å². The van der Waals surface area contributed by atoms with Crippen molar-refractivity contribution < 1.29 is 8.78 Å². The van der Waals surface area contributed by atoms with Gasteiger partial charge in [-0.3, -0.25) is 9.39 Å². The van der Waals surface area contributed by atoms with E-state index in [1.807, 2.05) is 6.92 Å². The van der Waals surface area contributed by atoms with E-state index in [9.17, 15) is 8.78 Å². The van der Waals surface area contributed by atoms with E-state index in [1.54, 1.807) is 39.6 Å². The van der Waals surface area contributed by atoms with Gasteiger partial charge in [-0.1, -0.05) is 11.6 Å². The molecule has 0 N–H and O–H groups in total. The van der Waals surface area contributed by atoms with Gasteiger partial charge in [-0.2, -0.15) is 0 Å². The van der Waals surface area contributed by atoms with Gasteiger partial charge in [0.25, 0.3) is 0 Å². The highest BCUT2D eigenvalue weighted by atomic mass is 35.5. The molecule has 1 atom stereocenters. The first kappa shape index (κ1) is 15.8. The van der Waals surface area contributed by atoms with Crippen LogP contribution in [0.5, 0.6) is 0 Å². The summed E-state index contributed by atoms with van der Waals surface area (Å²) in [5.41, 5.74) is 2.69. The highest BCUT2D eigenvalue weighted by Crippen LogP contribution is 2.34. The Bertz CT molecular complexity index is 1010. The molecule has 0 saturated heterocycles. The number of rotatable bonds is 2. The molecule has 1 aliphatic heterocycles. The molecular formula is C18H13ClF2N4. The average Bonchev–Trinajstić information content (AvgIpc) is 2.91. The number of halogens is 3. The number of imidazole rings is 1. The van der Waals surface area contributed by atoms with Crippen LogP contribution in [0.2, 0.25) is 5.02 Å². The maximum absolute atomic E-state index is 13.9. The second kappa shape index (κ2) is 5.97. The SMILES string of the molecule is Cc1nc2ccc(F)cn2c1C1N=CC(F)=CN1c1ccc(Cl)cc1. The predicted octanol–water partition coefficient (Wildman–Crippen LogP) is 4.84. The minimum absolute atomic E-state index is 0.384. The smallest absolute Gasteiger partial charge is 0.168 e. The quantitative estimate of drug-likeness (QED) is 0.657. The van der Waals surface area contributed by atoms with E-state index in [0.29, 0.717) is 27.7 Å². The lowest BCUT2D eigenvalue weighted by Gasteiger charge is -2.30. The monoisotopic (exact) mass is 358 g/mol. The van der Waals surface area contributed by atoms with E-state index < -0.39 is 12.0 Å². The van der Waals surface area contributed by atoms with Crippen LogP contribution in [-0.2, 0) is 0 Å². The molecule has 126 valence electrons. The fourth-order valence-electron chi connectivity index (χ4n) is 2.95. The highest BCUT2D eigenvalue weighted by molar-refractivity contribution is 6.30. The Morgan fingerprint density at radius 2 is 1.84 bits per heavy atom. The molecule has 0 amide bonds. The van der Waals surface area contributed by atoms with Crippen molar-refractivity contribution in [3.8, 4) is 0 Å². The zero-order valence-electron chi connectivity index (χ0n) is 13.2. The van der Waals surface area contributed by atoms with Crippen LogP contribution in [0.15, 0.2) is 59.6 Å². The number of benzene rings is 1. The third kappa shape index (κ3) is 2.78. The summed E-state index contributed by atoms with van der Waals surface area (Å²) >= 11 is 5.94. The lowest BCUT2D eigenvalue weighted by Crippen LogP contribution is -2.26. The lowest BCUT2D eigenvalue weighted by atomic mass is 10.2. The summed E-state index contributed by atoms with van der Waals surface area (Å²) in [6.45, 7) is 1.82. The van der Waals surface area contributed by atoms with Crippen LogP contribution in [0.25, 0.3) is 5.65 Å². The Morgan fingerprint density at radius 3 is 2.60 bits per heavy atom. The number of aliphatic imine (C=N–C) groups is 1. The zero-order valence-corrected chi connectivity index (χ0v) is 14.0. The van der Waals surface area contributed by atoms with Crippen molar-refractivity contribution >= 4 is 29.2 Å². The summed E-state index contributed by atoms with van der Waals surface area (Å²) in [6, 6.07) is 9.95.